The normalized spacial score (nSPS) is 15.6. The molecular weight excluding hydrogens is 416 g/mol. The second-order valence-electron chi connectivity index (χ2n) is 8.55. The van der Waals surface area contributed by atoms with Crippen LogP contribution in [0.5, 0.6) is 0 Å². The lowest BCUT2D eigenvalue weighted by atomic mass is 10.0. The summed E-state index contributed by atoms with van der Waals surface area (Å²) in [6, 6.07) is 7.87. The van der Waals surface area contributed by atoms with Crippen molar-refractivity contribution < 1.29 is 4.79 Å². The molecule has 0 saturated heterocycles. The number of fused-ring (bicyclic) bond motifs is 1. The Labute approximate surface area is 192 Å². The molecule has 0 fully saturated rings. The van der Waals surface area contributed by atoms with Gasteiger partial charge in [0.1, 0.15) is 23.7 Å². The van der Waals surface area contributed by atoms with Crippen LogP contribution >= 0.6 is 0 Å². The number of nitrogens with one attached hydrogen (secondary N) is 1. The Hall–Kier alpha value is -4.01. The average molecular weight is 443 g/mol. The van der Waals surface area contributed by atoms with E-state index in [1.165, 1.54) is 0 Å². The van der Waals surface area contributed by atoms with Crippen LogP contribution < -0.4 is 5.32 Å². The van der Waals surface area contributed by atoms with Crippen LogP contribution in [-0.2, 0) is 20.1 Å². The Morgan fingerprint density at radius 2 is 2.00 bits per heavy atom. The number of hydrogen-bond donors (Lipinski definition) is 1. The molecule has 1 amide bonds. The quantitative estimate of drug-likeness (QED) is 0.509. The highest BCUT2D eigenvalue weighted by atomic mass is 16.2. The maximum atomic E-state index is 13.4. The minimum atomic E-state index is 0.0104. The Morgan fingerprint density at radius 3 is 2.76 bits per heavy atom. The minimum absolute atomic E-state index is 0.0104. The highest BCUT2D eigenvalue weighted by molar-refractivity contribution is 5.95. The van der Waals surface area contributed by atoms with E-state index < -0.39 is 0 Å². The van der Waals surface area contributed by atoms with Gasteiger partial charge in [0.15, 0.2) is 0 Å². The van der Waals surface area contributed by atoms with Gasteiger partial charge >= 0.3 is 0 Å². The van der Waals surface area contributed by atoms with Gasteiger partial charge in [-0.3, -0.25) is 9.48 Å². The number of aromatic nitrogens is 6. The molecular formula is C24H26N8O. The molecule has 1 aliphatic rings. The Morgan fingerprint density at radius 1 is 1.15 bits per heavy atom. The zero-order valence-electron chi connectivity index (χ0n) is 19.1. The molecule has 1 aliphatic heterocycles. The van der Waals surface area contributed by atoms with Crippen LogP contribution in [0.2, 0.25) is 0 Å². The number of rotatable bonds is 5. The number of anilines is 2. The van der Waals surface area contributed by atoms with Gasteiger partial charge in [-0.25, -0.2) is 15.0 Å². The summed E-state index contributed by atoms with van der Waals surface area (Å²) in [6.07, 6.45) is 7.19. The van der Waals surface area contributed by atoms with Crippen molar-refractivity contribution in [1.82, 2.24) is 34.2 Å². The molecule has 0 aliphatic carbocycles. The molecule has 0 spiro atoms. The lowest BCUT2D eigenvalue weighted by molar-refractivity contribution is 0.0592. The standard InChI is InChI=1S/C24H26N8O/c1-15-10-25-22(29-23-5-6-28-30(23)4)9-20(15)18-8-21-24(33)32(17(3)11-31(21)12-18)13-19-7-16(2)26-14-27-19/h5-10,12,14,17H,11,13H2,1-4H3,(H,25,29)/t17-/m0/s1. The van der Waals surface area contributed by atoms with E-state index in [1.54, 1.807) is 17.2 Å². The molecule has 0 saturated carbocycles. The predicted molar refractivity (Wildman–Crippen MR) is 125 cm³/mol. The van der Waals surface area contributed by atoms with Gasteiger partial charge in [0.05, 0.1) is 18.4 Å². The first kappa shape index (κ1) is 20.9. The summed E-state index contributed by atoms with van der Waals surface area (Å²) < 4.78 is 3.81. The third-order valence-corrected chi connectivity index (χ3v) is 6.05. The van der Waals surface area contributed by atoms with Crippen molar-refractivity contribution in [3.63, 3.8) is 0 Å². The van der Waals surface area contributed by atoms with Crippen LogP contribution in [0.15, 0.2) is 49.2 Å². The van der Waals surface area contributed by atoms with E-state index in [-0.39, 0.29) is 11.9 Å². The van der Waals surface area contributed by atoms with E-state index in [9.17, 15) is 4.79 Å². The van der Waals surface area contributed by atoms with Gasteiger partial charge in [-0.2, -0.15) is 5.10 Å². The van der Waals surface area contributed by atoms with Crippen LogP contribution in [0.4, 0.5) is 11.6 Å². The first-order chi connectivity index (χ1) is 15.9. The SMILES string of the molecule is Cc1cc(CN2C(=O)c3cc(-c4cc(Nc5ccnn5C)ncc4C)cn3C[C@@H]2C)ncn1. The fraction of sp³-hybridized carbons (Fsp3) is 0.292. The second-order valence-corrected chi connectivity index (χ2v) is 8.55. The van der Waals surface area contributed by atoms with E-state index in [0.29, 0.717) is 12.2 Å². The van der Waals surface area contributed by atoms with Crippen LogP contribution in [0.1, 0.15) is 34.4 Å². The van der Waals surface area contributed by atoms with E-state index in [4.69, 9.17) is 0 Å². The summed E-state index contributed by atoms with van der Waals surface area (Å²) in [5.74, 6) is 1.59. The van der Waals surface area contributed by atoms with E-state index in [1.807, 2.05) is 56.3 Å². The van der Waals surface area contributed by atoms with Crippen molar-refractivity contribution in [2.45, 2.75) is 39.9 Å². The first-order valence-corrected chi connectivity index (χ1v) is 10.9. The summed E-state index contributed by atoms with van der Waals surface area (Å²) in [5, 5.41) is 7.49. The van der Waals surface area contributed by atoms with Gasteiger partial charge in [0, 0.05) is 49.4 Å². The molecule has 33 heavy (non-hydrogen) atoms. The van der Waals surface area contributed by atoms with E-state index in [0.717, 1.165) is 46.3 Å². The van der Waals surface area contributed by atoms with Crippen molar-refractivity contribution >= 4 is 17.5 Å². The topological polar surface area (TPSA) is 93.8 Å². The maximum Gasteiger partial charge on any atom is 0.271 e. The molecule has 4 aromatic rings. The molecule has 168 valence electrons. The van der Waals surface area contributed by atoms with Crippen LogP contribution in [0.3, 0.4) is 0 Å². The molecule has 9 nitrogen and oxygen atoms in total. The summed E-state index contributed by atoms with van der Waals surface area (Å²) >= 11 is 0. The Balaban J connectivity index is 1.44. The van der Waals surface area contributed by atoms with Gasteiger partial charge in [-0.05, 0) is 50.1 Å². The van der Waals surface area contributed by atoms with Crippen LogP contribution in [0, 0.1) is 13.8 Å². The van der Waals surface area contributed by atoms with Gasteiger partial charge in [-0.15, -0.1) is 0 Å². The van der Waals surface area contributed by atoms with E-state index in [2.05, 4.69) is 43.1 Å². The molecule has 0 bridgehead atoms. The predicted octanol–water partition coefficient (Wildman–Crippen LogP) is 3.48. The highest BCUT2D eigenvalue weighted by Gasteiger charge is 2.31. The number of pyridine rings is 1. The summed E-state index contributed by atoms with van der Waals surface area (Å²) in [5.41, 5.74) is 5.51. The summed E-state index contributed by atoms with van der Waals surface area (Å²) in [6.45, 7) is 7.23. The van der Waals surface area contributed by atoms with Gasteiger partial charge < -0.3 is 14.8 Å². The number of amides is 1. The van der Waals surface area contributed by atoms with Crippen molar-refractivity contribution in [1.29, 1.82) is 0 Å². The first-order valence-electron chi connectivity index (χ1n) is 10.9. The van der Waals surface area contributed by atoms with Crippen LogP contribution in [-0.4, -0.2) is 46.1 Å². The number of carbonyl (C=O) groups is 1. The molecule has 0 radical (unpaired) electrons. The number of carbonyl (C=O) groups excluding carboxylic acids is 1. The van der Waals surface area contributed by atoms with Crippen molar-refractivity contribution in [3.05, 3.63) is 71.8 Å². The average Bonchev–Trinajstić information content (AvgIpc) is 3.39. The van der Waals surface area contributed by atoms with Crippen molar-refractivity contribution in [3.8, 4) is 11.1 Å². The van der Waals surface area contributed by atoms with Gasteiger partial charge in [0.2, 0.25) is 0 Å². The fourth-order valence-corrected chi connectivity index (χ4v) is 4.25. The Kier molecular flexibility index (Phi) is 5.16. The molecule has 4 aromatic heterocycles. The molecule has 0 aromatic carbocycles. The maximum absolute atomic E-state index is 13.4. The summed E-state index contributed by atoms with van der Waals surface area (Å²) in [7, 11) is 1.88. The van der Waals surface area contributed by atoms with Crippen molar-refractivity contribution in [2.75, 3.05) is 5.32 Å². The smallest absolute Gasteiger partial charge is 0.271 e. The minimum Gasteiger partial charge on any atom is -0.341 e. The zero-order chi connectivity index (χ0) is 23.1. The molecule has 0 unspecified atom stereocenters. The number of nitrogens with zero attached hydrogens (tertiary/aromatic N) is 7. The molecule has 1 atom stereocenters. The Bertz CT molecular complexity index is 1340. The fourth-order valence-electron chi connectivity index (χ4n) is 4.25. The largest absolute Gasteiger partial charge is 0.341 e. The second kappa shape index (κ2) is 8.16. The van der Waals surface area contributed by atoms with Crippen LogP contribution in [0.25, 0.3) is 11.1 Å². The molecule has 5 heterocycles. The van der Waals surface area contributed by atoms with Crippen molar-refractivity contribution in [2.24, 2.45) is 7.05 Å². The third kappa shape index (κ3) is 3.97. The van der Waals surface area contributed by atoms with Gasteiger partial charge in [-0.1, -0.05) is 0 Å². The molecule has 1 N–H and O–H groups in total. The highest BCUT2D eigenvalue weighted by Crippen LogP contribution is 2.31. The third-order valence-electron chi connectivity index (χ3n) is 6.05. The van der Waals surface area contributed by atoms with E-state index >= 15 is 0 Å². The lowest BCUT2D eigenvalue weighted by Crippen LogP contribution is -2.45. The molecule has 5 rings (SSSR count). The lowest BCUT2D eigenvalue weighted by Gasteiger charge is -2.34. The monoisotopic (exact) mass is 442 g/mol. The number of aryl methyl sites for hydroxylation is 3. The molecule has 9 heteroatoms. The number of hydrogen-bond acceptors (Lipinski definition) is 6. The summed E-state index contributed by atoms with van der Waals surface area (Å²) in [4.78, 5) is 28.3. The zero-order valence-corrected chi connectivity index (χ0v) is 19.1. The van der Waals surface area contributed by atoms with Gasteiger partial charge in [0.25, 0.3) is 5.91 Å².